The predicted octanol–water partition coefficient (Wildman–Crippen LogP) is 0.847. The number of nitrogens with one attached hydrogen (secondary N) is 2. The molecule has 0 aliphatic heterocycles. The van der Waals surface area contributed by atoms with Gasteiger partial charge in [0, 0.05) is 13.6 Å². The van der Waals surface area contributed by atoms with E-state index in [-0.39, 0.29) is 24.0 Å². The lowest BCUT2D eigenvalue weighted by atomic mass is 10.6. The molecule has 0 aliphatic carbocycles. The molecule has 1 aromatic rings. The molecule has 90 valence electrons. The molecule has 0 bridgehead atoms. The highest BCUT2D eigenvalue weighted by Crippen LogP contribution is 1.93. The van der Waals surface area contributed by atoms with Gasteiger partial charge in [-0.2, -0.15) is 4.98 Å². The van der Waals surface area contributed by atoms with Crippen LogP contribution < -0.4 is 10.6 Å². The van der Waals surface area contributed by atoms with Crippen molar-refractivity contribution in [1.82, 2.24) is 20.8 Å². The number of hydrogen-bond acceptors (Lipinski definition) is 4. The number of nitrogens with zero attached hydrogens (tertiary/aromatic N) is 3. The first-order valence-corrected chi connectivity index (χ1v) is 4.61. The van der Waals surface area contributed by atoms with Crippen molar-refractivity contribution in [3.8, 4) is 0 Å². The van der Waals surface area contributed by atoms with Gasteiger partial charge in [0.1, 0.15) is 0 Å². The summed E-state index contributed by atoms with van der Waals surface area (Å²) in [6.07, 6.45) is 1.75. The van der Waals surface area contributed by atoms with E-state index in [0.717, 1.165) is 0 Å². The van der Waals surface area contributed by atoms with Crippen molar-refractivity contribution in [1.29, 1.82) is 0 Å². The molecule has 0 spiro atoms. The van der Waals surface area contributed by atoms with Crippen LogP contribution in [0.2, 0.25) is 0 Å². The van der Waals surface area contributed by atoms with Gasteiger partial charge in [-0.05, 0) is 6.92 Å². The fraction of sp³-hybridized carbons (Fsp3) is 0.444. The van der Waals surface area contributed by atoms with Gasteiger partial charge in [-0.25, -0.2) is 0 Å². The minimum atomic E-state index is 0. The van der Waals surface area contributed by atoms with Gasteiger partial charge in [-0.3, -0.25) is 4.99 Å². The first-order valence-electron chi connectivity index (χ1n) is 4.61. The number of aryl methyl sites for hydroxylation is 1. The van der Waals surface area contributed by atoms with Gasteiger partial charge < -0.3 is 15.2 Å². The monoisotopic (exact) mass is 337 g/mol. The Morgan fingerprint density at radius 3 is 2.81 bits per heavy atom. The summed E-state index contributed by atoms with van der Waals surface area (Å²) in [5.41, 5.74) is 0. The van der Waals surface area contributed by atoms with Crippen molar-refractivity contribution < 1.29 is 4.52 Å². The van der Waals surface area contributed by atoms with Gasteiger partial charge in [0.25, 0.3) is 0 Å². The number of rotatable bonds is 4. The summed E-state index contributed by atoms with van der Waals surface area (Å²) in [5, 5.41) is 9.74. The quantitative estimate of drug-likeness (QED) is 0.369. The Labute approximate surface area is 112 Å². The molecule has 0 amide bonds. The minimum absolute atomic E-state index is 0. The molecule has 0 aromatic carbocycles. The van der Waals surface area contributed by atoms with Crippen LogP contribution in [0.15, 0.2) is 22.2 Å². The number of aromatic nitrogens is 2. The minimum Gasteiger partial charge on any atom is -0.353 e. The van der Waals surface area contributed by atoms with Gasteiger partial charge in [-0.1, -0.05) is 11.2 Å². The van der Waals surface area contributed by atoms with Crippen molar-refractivity contribution >= 4 is 29.9 Å². The van der Waals surface area contributed by atoms with Crippen molar-refractivity contribution in [3.05, 3.63) is 24.4 Å². The molecule has 0 aliphatic rings. The molecular weight excluding hydrogens is 321 g/mol. The number of guanidine groups is 1. The maximum Gasteiger partial charge on any atom is 0.246 e. The van der Waals surface area contributed by atoms with Crippen molar-refractivity contribution in [2.24, 2.45) is 4.99 Å². The van der Waals surface area contributed by atoms with Crippen LogP contribution in [0.1, 0.15) is 11.7 Å². The third-order valence-electron chi connectivity index (χ3n) is 1.61. The fourth-order valence-electron chi connectivity index (χ4n) is 0.961. The average molecular weight is 337 g/mol. The Morgan fingerprint density at radius 2 is 2.31 bits per heavy atom. The Bertz CT molecular complexity index is 349. The molecule has 16 heavy (non-hydrogen) atoms. The van der Waals surface area contributed by atoms with Gasteiger partial charge in [0.15, 0.2) is 11.8 Å². The third kappa shape index (κ3) is 5.10. The van der Waals surface area contributed by atoms with E-state index in [1.165, 1.54) is 0 Å². The maximum absolute atomic E-state index is 4.94. The Kier molecular flexibility index (Phi) is 7.52. The number of halogens is 1. The second kappa shape index (κ2) is 8.08. The highest BCUT2D eigenvalue weighted by Gasteiger charge is 2.02. The van der Waals surface area contributed by atoms with Crippen LogP contribution in [0.4, 0.5) is 0 Å². The van der Waals surface area contributed by atoms with E-state index in [2.05, 4.69) is 32.3 Å². The van der Waals surface area contributed by atoms with E-state index in [0.29, 0.717) is 30.8 Å². The van der Waals surface area contributed by atoms with Crippen LogP contribution in [0, 0.1) is 6.92 Å². The highest BCUT2D eigenvalue weighted by atomic mass is 127. The standard InChI is InChI=1S/C9H15N5O.HI/c1-4-5-11-9(10-3)12-6-8-13-7(2)14-15-8;/h4H,1,5-6H2,2-3H3,(H2,10,11,12);1H. The third-order valence-corrected chi connectivity index (χ3v) is 1.61. The predicted molar refractivity (Wildman–Crippen MR) is 72.8 cm³/mol. The second-order valence-corrected chi connectivity index (χ2v) is 2.83. The molecule has 0 radical (unpaired) electrons. The summed E-state index contributed by atoms with van der Waals surface area (Å²) in [4.78, 5) is 8.06. The second-order valence-electron chi connectivity index (χ2n) is 2.83. The first kappa shape index (κ1) is 14.9. The van der Waals surface area contributed by atoms with Crippen LogP contribution in [0.25, 0.3) is 0 Å². The van der Waals surface area contributed by atoms with Crippen LogP contribution in [0.5, 0.6) is 0 Å². The summed E-state index contributed by atoms with van der Waals surface area (Å²) in [6.45, 7) is 6.49. The SMILES string of the molecule is C=CCNC(=NC)NCc1nc(C)no1.I. The van der Waals surface area contributed by atoms with E-state index in [4.69, 9.17) is 4.52 Å². The smallest absolute Gasteiger partial charge is 0.246 e. The Balaban J connectivity index is 0.00000225. The average Bonchev–Trinajstić information content (AvgIpc) is 2.65. The summed E-state index contributed by atoms with van der Waals surface area (Å²) < 4.78 is 4.94. The molecule has 0 fully saturated rings. The highest BCUT2D eigenvalue weighted by molar-refractivity contribution is 14.0. The fourth-order valence-corrected chi connectivity index (χ4v) is 0.961. The molecule has 1 aromatic heterocycles. The zero-order chi connectivity index (χ0) is 11.1. The van der Waals surface area contributed by atoms with Gasteiger partial charge in [0.05, 0.1) is 6.54 Å². The van der Waals surface area contributed by atoms with Crippen LogP contribution in [0.3, 0.4) is 0 Å². The molecule has 0 saturated heterocycles. The lowest BCUT2D eigenvalue weighted by Gasteiger charge is -2.07. The van der Waals surface area contributed by atoms with Crippen molar-refractivity contribution in [2.75, 3.05) is 13.6 Å². The van der Waals surface area contributed by atoms with Crippen molar-refractivity contribution in [2.45, 2.75) is 13.5 Å². The zero-order valence-corrected chi connectivity index (χ0v) is 11.7. The van der Waals surface area contributed by atoms with E-state index in [1.54, 1.807) is 20.0 Å². The maximum atomic E-state index is 4.94. The molecule has 0 unspecified atom stereocenters. The largest absolute Gasteiger partial charge is 0.353 e. The first-order chi connectivity index (χ1) is 7.26. The van der Waals surface area contributed by atoms with Crippen molar-refractivity contribution in [3.63, 3.8) is 0 Å². The molecule has 7 heteroatoms. The van der Waals surface area contributed by atoms with E-state index in [1.807, 2.05) is 0 Å². The lowest BCUT2D eigenvalue weighted by Crippen LogP contribution is -2.36. The summed E-state index contributed by atoms with van der Waals surface area (Å²) in [6, 6.07) is 0. The van der Waals surface area contributed by atoms with Gasteiger partial charge >= 0.3 is 0 Å². The molecule has 1 rings (SSSR count). The molecule has 1 heterocycles. The van der Waals surface area contributed by atoms with Crippen LogP contribution in [-0.4, -0.2) is 29.7 Å². The lowest BCUT2D eigenvalue weighted by molar-refractivity contribution is 0.371. The molecule has 2 N–H and O–H groups in total. The normalized spacial score (nSPS) is 10.5. The summed E-state index contributed by atoms with van der Waals surface area (Å²) in [5.74, 6) is 1.83. The molecular formula is C9H16IN5O. The topological polar surface area (TPSA) is 75.3 Å². The van der Waals surface area contributed by atoms with Gasteiger partial charge in [-0.15, -0.1) is 30.6 Å². The number of aliphatic imine (C=N–C) groups is 1. The van der Waals surface area contributed by atoms with E-state index in [9.17, 15) is 0 Å². The van der Waals surface area contributed by atoms with E-state index >= 15 is 0 Å². The number of hydrogen-bond donors (Lipinski definition) is 2. The van der Waals surface area contributed by atoms with Crippen LogP contribution >= 0.6 is 24.0 Å². The molecule has 0 atom stereocenters. The molecule has 6 nitrogen and oxygen atoms in total. The summed E-state index contributed by atoms with van der Waals surface area (Å²) in [7, 11) is 1.69. The van der Waals surface area contributed by atoms with Gasteiger partial charge in [0.2, 0.25) is 5.89 Å². The van der Waals surface area contributed by atoms with Crippen LogP contribution in [-0.2, 0) is 6.54 Å². The summed E-state index contributed by atoms with van der Waals surface area (Å²) >= 11 is 0. The Hall–Kier alpha value is -1.12. The van der Waals surface area contributed by atoms with E-state index < -0.39 is 0 Å². The Morgan fingerprint density at radius 1 is 1.56 bits per heavy atom. The zero-order valence-electron chi connectivity index (χ0n) is 9.36. The molecule has 0 saturated carbocycles.